The SMILES string of the molecule is COc1ccc(N(C)Cc2ccc(C(N)=S)cc2Cl)cc1. The molecule has 0 unspecified atom stereocenters. The number of rotatable bonds is 5. The lowest BCUT2D eigenvalue weighted by atomic mass is 10.1. The van der Waals surface area contributed by atoms with Crippen LogP contribution in [0.2, 0.25) is 5.02 Å². The molecular weight excluding hydrogens is 304 g/mol. The molecule has 0 radical (unpaired) electrons. The minimum atomic E-state index is 0.354. The van der Waals surface area contributed by atoms with Crippen molar-refractivity contribution >= 4 is 34.5 Å². The van der Waals surface area contributed by atoms with Crippen molar-refractivity contribution in [2.45, 2.75) is 6.54 Å². The van der Waals surface area contributed by atoms with Gasteiger partial charge in [0.1, 0.15) is 10.7 Å². The number of anilines is 1. The first-order valence-electron chi connectivity index (χ1n) is 6.44. The summed E-state index contributed by atoms with van der Waals surface area (Å²) in [5, 5.41) is 0.667. The number of methoxy groups -OCH3 is 1. The Kier molecular flexibility index (Phi) is 5.04. The van der Waals surface area contributed by atoms with Crippen LogP contribution in [0.1, 0.15) is 11.1 Å². The molecule has 110 valence electrons. The second-order valence-electron chi connectivity index (χ2n) is 4.72. The molecule has 0 bridgehead atoms. The molecule has 0 aromatic heterocycles. The number of ether oxygens (including phenoxy) is 1. The summed E-state index contributed by atoms with van der Waals surface area (Å²) in [6.45, 7) is 0.697. The van der Waals surface area contributed by atoms with Crippen LogP contribution in [0.25, 0.3) is 0 Å². The first-order valence-corrected chi connectivity index (χ1v) is 7.23. The van der Waals surface area contributed by atoms with Crippen molar-refractivity contribution in [1.29, 1.82) is 0 Å². The smallest absolute Gasteiger partial charge is 0.119 e. The van der Waals surface area contributed by atoms with Crippen LogP contribution in [-0.2, 0) is 6.54 Å². The van der Waals surface area contributed by atoms with Crippen molar-refractivity contribution in [2.24, 2.45) is 5.73 Å². The van der Waals surface area contributed by atoms with Crippen LogP contribution in [0.15, 0.2) is 42.5 Å². The Labute approximate surface area is 135 Å². The van der Waals surface area contributed by atoms with Gasteiger partial charge in [-0.3, -0.25) is 0 Å². The Balaban J connectivity index is 2.14. The van der Waals surface area contributed by atoms with E-state index in [2.05, 4.69) is 4.90 Å². The van der Waals surface area contributed by atoms with Gasteiger partial charge in [0, 0.05) is 29.9 Å². The summed E-state index contributed by atoms with van der Waals surface area (Å²) in [7, 11) is 3.67. The highest BCUT2D eigenvalue weighted by Gasteiger charge is 2.07. The lowest BCUT2D eigenvalue weighted by Gasteiger charge is -2.20. The highest BCUT2D eigenvalue weighted by Crippen LogP contribution is 2.23. The van der Waals surface area contributed by atoms with E-state index in [1.807, 2.05) is 43.4 Å². The van der Waals surface area contributed by atoms with Gasteiger partial charge in [0.05, 0.1) is 7.11 Å². The molecule has 0 aliphatic carbocycles. The first kappa shape index (κ1) is 15.6. The molecule has 0 fully saturated rings. The molecule has 0 atom stereocenters. The second kappa shape index (κ2) is 6.78. The molecule has 0 amide bonds. The molecule has 0 aliphatic heterocycles. The molecule has 0 aliphatic rings. The Bertz CT molecular complexity index is 643. The Morgan fingerprint density at radius 1 is 1.24 bits per heavy atom. The first-order chi connectivity index (χ1) is 10.0. The maximum absolute atomic E-state index is 6.29. The Morgan fingerprint density at radius 3 is 2.43 bits per heavy atom. The third-order valence-corrected chi connectivity index (χ3v) is 3.85. The minimum Gasteiger partial charge on any atom is -0.497 e. The van der Waals surface area contributed by atoms with Crippen LogP contribution < -0.4 is 15.4 Å². The fraction of sp³-hybridized carbons (Fsp3) is 0.188. The average molecular weight is 321 g/mol. The topological polar surface area (TPSA) is 38.5 Å². The molecule has 21 heavy (non-hydrogen) atoms. The van der Waals surface area contributed by atoms with E-state index in [0.717, 1.165) is 22.6 Å². The maximum Gasteiger partial charge on any atom is 0.119 e. The number of nitrogens with zero attached hydrogens (tertiary/aromatic N) is 1. The van der Waals surface area contributed by atoms with Gasteiger partial charge in [-0.05, 0) is 35.9 Å². The van der Waals surface area contributed by atoms with Gasteiger partial charge in [-0.2, -0.15) is 0 Å². The molecule has 0 spiro atoms. The summed E-state index contributed by atoms with van der Waals surface area (Å²) in [6, 6.07) is 13.5. The van der Waals surface area contributed by atoms with Gasteiger partial charge in [0.2, 0.25) is 0 Å². The summed E-state index contributed by atoms with van der Waals surface area (Å²) in [5.74, 6) is 0.839. The zero-order valence-electron chi connectivity index (χ0n) is 12.0. The monoisotopic (exact) mass is 320 g/mol. The van der Waals surface area contributed by atoms with Crippen LogP contribution in [0.4, 0.5) is 5.69 Å². The van der Waals surface area contributed by atoms with Crippen molar-refractivity contribution < 1.29 is 4.74 Å². The number of benzene rings is 2. The van der Waals surface area contributed by atoms with Crippen LogP contribution >= 0.6 is 23.8 Å². The molecular formula is C16H17ClN2OS. The molecule has 2 aromatic rings. The second-order valence-corrected chi connectivity index (χ2v) is 5.57. The minimum absolute atomic E-state index is 0.354. The van der Waals surface area contributed by atoms with E-state index in [0.29, 0.717) is 16.6 Å². The molecule has 2 rings (SSSR count). The Hall–Kier alpha value is -1.78. The molecule has 2 aromatic carbocycles. The number of thiocarbonyl (C=S) groups is 1. The van der Waals surface area contributed by atoms with E-state index in [9.17, 15) is 0 Å². The van der Waals surface area contributed by atoms with Gasteiger partial charge >= 0.3 is 0 Å². The lowest BCUT2D eigenvalue weighted by molar-refractivity contribution is 0.415. The van der Waals surface area contributed by atoms with Crippen molar-refractivity contribution in [3.63, 3.8) is 0 Å². The molecule has 3 nitrogen and oxygen atoms in total. The van der Waals surface area contributed by atoms with E-state index >= 15 is 0 Å². The van der Waals surface area contributed by atoms with Crippen molar-refractivity contribution in [3.8, 4) is 5.75 Å². The van der Waals surface area contributed by atoms with E-state index in [1.165, 1.54) is 0 Å². The summed E-state index contributed by atoms with van der Waals surface area (Å²) >= 11 is 11.2. The standard InChI is InChI=1S/C16H17ClN2OS/c1-19(13-5-7-14(20-2)8-6-13)10-12-4-3-11(16(18)21)9-15(12)17/h3-9H,10H2,1-2H3,(H2,18,21). The third kappa shape index (κ3) is 3.86. The normalized spacial score (nSPS) is 10.2. The van der Waals surface area contributed by atoms with Gasteiger partial charge in [-0.25, -0.2) is 0 Å². The molecule has 5 heteroatoms. The number of hydrogen-bond donors (Lipinski definition) is 1. The highest BCUT2D eigenvalue weighted by molar-refractivity contribution is 7.80. The summed E-state index contributed by atoms with van der Waals surface area (Å²) < 4.78 is 5.16. The van der Waals surface area contributed by atoms with Gasteiger partial charge in [0.25, 0.3) is 0 Å². The van der Waals surface area contributed by atoms with E-state index in [-0.39, 0.29) is 0 Å². The predicted octanol–water partition coefficient (Wildman–Crippen LogP) is 3.62. The fourth-order valence-electron chi connectivity index (χ4n) is 2.01. The average Bonchev–Trinajstić information content (AvgIpc) is 2.49. The van der Waals surface area contributed by atoms with E-state index < -0.39 is 0 Å². The van der Waals surface area contributed by atoms with Gasteiger partial charge in [-0.1, -0.05) is 36.0 Å². The lowest BCUT2D eigenvalue weighted by Crippen LogP contribution is -2.17. The zero-order valence-corrected chi connectivity index (χ0v) is 13.5. The molecule has 0 saturated heterocycles. The van der Waals surface area contributed by atoms with Gasteiger partial charge in [-0.15, -0.1) is 0 Å². The maximum atomic E-state index is 6.29. The number of halogens is 1. The van der Waals surface area contributed by atoms with Crippen LogP contribution in [0.3, 0.4) is 0 Å². The fourth-order valence-corrected chi connectivity index (χ4v) is 2.38. The largest absolute Gasteiger partial charge is 0.497 e. The van der Waals surface area contributed by atoms with Crippen molar-refractivity contribution in [3.05, 3.63) is 58.6 Å². The zero-order chi connectivity index (χ0) is 15.4. The summed E-state index contributed by atoms with van der Waals surface area (Å²) in [5.41, 5.74) is 8.50. The van der Waals surface area contributed by atoms with Crippen LogP contribution in [0, 0.1) is 0 Å². The number of nitrogens with two attached hydrogens (primary N) is 1. The third-order valence-electron chi connectivity index (χ3n) is 3.26. The molecule has 0 heterocycles. The van der Waals surface area contributed by atoms with E-state index in [1.54, 1.807) is 13.2 Å². The quantitative estimate of drug-likeness (QED) is 0.854. The van der Waals surface area contributed by atoms with Crippen molar-refractivity contribution in [2.75, 3.05) is 19.1 Å². The van der Waals surface area contributed by atoms with E-state index in [4.69, 9.17) is 34.3 Å². The van der Waals surface area contributed by atoms with Crippen molar-refractivity contribution in [1.82, 2.24) is 0 Å². The van der Waals surface area contributed by atoms with Gasteiger partial charge < -0.3 is 15.4 Å². The van der Waals surface area contributed by atoms with Gasteiger partial charge in [0.15, 0.2) is 0 Å². The summed E-state index contributed by atoms with van der Waals surface area (Å²) in [4.78, 5) is 2.47. The number of hydrogen-bond acceptors (Lipinski definition) is 3. The molecule has 0 saturated carbocycles. The summed E-state index contributed by atoms with van der Waals surface area (Å²) in [6.07, 6.45) is 0. The van der Waals surface area contributed by atoms with Crippen LogP contribution in [0.5, 0.6) is 5.75 Å². The Morgan fingerprint density at radius 2 is 1.90 bits per heavy atom. The predicted molar refractivity (Wildman–Crippen MR) is 92.4 cm³/mol. The van der Waals surface area contributed by atoms with Crippen LogP contribution in [-0.4, -0.2) is 19.1 Å². The molecule has 2 N–H and O–H groups in total. The highest BCUT2D eigenvalue weighted by atomic mass is 35.5.